The quantitative estimate of drug-likeness (QED) is 0.716. The third-order valence-electron chi connectivity index (χ3n) is 6.00. The van der Waals surface area contributed by atoms with Crippen molar-refractivity contribution in [2.75, 3.05) is 32.6 Å². The molecule has 1 saturated heterocycles. The molecule has 2 aromatic heterocycles. The minimum absolute atomic E-state index is 0.0254. The Morgan fingerprint density at radius 2 is 2.10 bits per heavy atom. The van der Waals surface area contributed by atoms with Gasteiger partial charge in [-0.25, -0.2) is 9.78 Å². The van der Waals surface area contributed by atoms with Gasteiger partial charge in [0.25, 0.3) is 0 Å². The third kappa shape index (κ3) is 3.00. The molecule has 8 heteroatoms. The maximum absolute atomic E-state index is 12.8. The van der Waals surface area contributed by atoms with E-state index in [1.807, 2.05) is 23.1 Å². The number of hydrogen-bond acceptors (Lipinski definition) is 5. The van der Waals surface area contributed by atoms with Crippen LogP contribution in [-0.2, 0) is 6.54 Å². The van der Waals surface area contributed by atoms with Crippen LogP contribution in [0, 0.1) is 5.92 Å². The highest BCUT2D eigenvalue weighted by Crippen LogP contribution is 2.35. The molecular weight excluding hydrogens is 368 g/mol. The number of urea groups is 1. The van der Waals surface area contributed by atoms with Gasteiger partial charge >= 0.3 is 6.03 Å². The summed E-state index contributed by atoms with van der Waals surface area (Å²) in [7, 11) is 3.71. The van der Waals surface area contributed by atoms with E-state index in [1.54, 1.807) is 13.3 Å². The first-order valence-corrected chi connectivity index (χ1v) is 9.81. The monoisotopic (exact) mass is 392 g/mol. The largest absolute Gasteiger partial charge is 0.481 e. The van der Waals surface area contributed by atoms with E-state index >= 15 is 0 Å². The number of aromatic nitrogens is 3. The first kappa shape index (κ1) is 17.9. The molecule has 3 aromatic rings. The number of carbonyl (C=O) groups excluding carboxylic acids is 1. The van der Waals surface area contributed by atoms with Crippen LogP contribution in [0.5, 0.6) is 5.88 Å². The minimum Gasteiger partial charge on any atom is -0.481 e. The number of amides is 2. The molecule has 4 heterocycles. The van der Waals surface area contributed by atoms with Crippen molar-refractivity contribution in [3.05, 3.63) is 36.0 Å². The smallest absolute Gasteiger partial charge is 0.322 e. The normalized spacial score (nSPS) is 22.0. The Morgan fingerprint density at radius 3 is 2.86 bits per heavy atom. The molecule has 2 aliphatic rings. The molecular formula is C21H24N6O2. The molecule has 29 heavy (non-hydrogen) atoms. The lowest BCUT2D eigenvalue weighted by Crippen LogP contribution is -2.48. The van der Waals surface area contributed by atoms with Crippen molar-refractivity contribution in [3.63, 3.8) is 0 Å². The van der Waals surface area contributed by atoms with Gasteiger partial charge in [0.2, 0.25) is 5.88 Å². The zero-order valence-electron chi connectivity index (χ0n) is 16.8. The van der Waals surface area contributed by atoms with Crippen LogP contribution in [0.2, 0.25) is 0 Å². The molecule has 0 unspecified atom stereocenters. The first-order chi connectivity index (χ1) is 14.0. The lowest BCUT2D eigenvalue weighted by atomic mass is 10.00. The van der Waals surface area contributed by atoms with Crippen molar-refractivity contribution in [1.29, 1.82) is 0 Å². The summed E-state index contributed by atoms with van der Waals surface area (Å²) in [5.74, 6) is 0.999. The van der Waals surface area contributed by atoms with Crippen LogP contribution in [0.25, 0.3) is 22.2 Å². The second-order valence-corrected chi connectivity index (χ2v) is 8.04. The molecule has 0 radical (unpaired) electrons. The molecule has 2 amide bonds. The Balaban J connectivity index is 1.53. The fourth-order valence-electron chi connectivity index (χ4n) is 4.55. The fraction of sp³-hybridized carbons (Fsp3) is 0.381. The minimum atomic E-state index is -0.0254. The molecule has 8 nitrogen and oxygen atoms in total. The van der Waals surface area contributed by atoms with Crippen molar-refractivity contribution in [3.8, 4) is 17.1 Å². The molecule has 0 spiro atoms. The maximum Gasteiger partial charge on any atom is 0.322 e. The standard InChI is InChI=1S/C21H24N6O2/c1-12-9-26(2)11-18(12)27-10-14-6-15-17(8-16(14)23-21(27)28)24-25-20(15)13-4-5-22-19(7-13)29-3/h4-8,12,18H,9-11H2,1-3H3,(H,23,28)(H,24,25)/t12-,18-/m1/s1. The van der Waals surface area contributed by atoms with E-state index < -0.39 is 0 Å². The van der Waals surface area contributed by atoms with Crippen molar-refractivity contribution in [2.24, 2.45) is 5.92 Å². The van der Waals surface area contributed by atoms with Gasteiger partial charge in [-0.2, -0.15) is 5.10 Å². The summed E-state index contributed by atoms with van der Waals surface area (Å²) >= 11 is 0. The molecule has 1 fully saturated rings. The van der Waals surface area contributed by atoms with Gasteiger partial charge in [0.05, 0.1) is 18.7 Å². The predicted octanol–water partition coefficient (Wildman–Crippen LogP) is 2.93. The van der Waals surface area contributed by atoms with Crippen molar-refractivity contribution in [2.45, 2.75) is 19.5 Å². The Labute approximate surface area is 168 Å². The molecule has 5 rings (SSSR count). The number of pyridine rings is 1. The molecule has 2 N–H and O–H groups in total. The number of benzene rings is 1. The molecule has 0 saturated carbocycles. The third-order valence-corrected chi connectivity index (χ3v) is 6.00. The molecule has 0 aliphatic carbocycles. The lowest BCUT2D eigenvalue weighted by molar-refractivity contribution is 0.170. The van der Waals surface area contributed by atoms with Gasteiger partial charge in [-0.05, 0) is 36.7 Å². The van der Waals surface area contributed by atoms with Gasteiger partial charge in [-0.3, -0.25) is 5.10 Å². The van der Waals surface area contributed by atoms with E-state index in [9.17, 15) is 4.79 Å². The van der Waals surface area contributed by atoms with Crippen LogP contribution in [-0.4, -0.2) is 64.3 Å². The van der Waals surface area contributed by atoms with E-state index in [0.29, 0.717) is 18.3 Å². The second kappa shape index (κ2) is 6.73. The van der Waals surface area contributed by atoms with Crippen LogP contribution in [0.4, 0.5) is 10.5 Å². The van der Waals surface area contributed by atoms with Crippen LogP contribution in [0.15, 0.2) is 30.5 Å². The molecule has 2 aliphatic heterocycles. The van der Waals surface area contributed by atoms with E-state index in [1.165, 1.54) is 0 Å². The second-order valence-electron chi connectivity index (χ2n) is 8.04. The SMILES string of the molecule is COc1cc(-c2n[nH]c3cc4c(cc23)CN([C@@H]2CN(C)C[C@H]2C)C(=O)N4)ccn1. The molecule has 150 valence electrons. The summed E-state index contributed by atoms with van der Waals surface area (Å²) in [6.45, 7) is 4.73. The van der Waals surface area contributed by atoms with Gasteiger partial charge in [-0.1, -0.05) is 6.92 Å². The maximum atomic E-state index is 12.8. The molecule has 1 aromatic carbocycles. The number of hydrogen-bond donors (Lipinski definition) is 2. The number of H-pyrrole nitrogens is 1. The number of rotatable bonds is 3. The number of nitrogens with one attached hydrogen (secondary N) is 2. The van der Waals surface area contributed by atoms with Crippen molar-refractivity contribution < 1.29 is 9.53 Å². The predicted molar refractivity (Wildman–Crippen MR) is 111 cm³/mol. The first-order valence-electron chi connectivity index (χ1n) is 9.81. The summed E-state index contributed by atoms with van der Waals surface area (Å²) in [5.41, 5.74) is 4.62. The van der Waals surface area contributed by atoms with Crippen LogP contribution in [0.3, 0.4) is 0 Å². The van der Waals surface area contributed by atoms with E-state index in [4.69, 9.17) is 4.74 Å². The highest BCUT2D eigenvalue weighted by molar-refractivity contribution is 6.00. The summed E-state index contributed by atoms with van der Waals surface area (Å²) < 4.78 is 5.25. The van der Waals surface area contributed by atoms with Gasteiger partial charge in [-0.15, -0.1) is 0 Å². The van der Waals surface area contributed by atoms with E-state index in [2.05, 4.69) is 45.4 Å². The summed E-state index contributed by atoms with van der Waals surface area (Å²) in [4.78, 5) is 21.2. The van der Waals surface area contributed by atoms with Gasteiger partial charge in [0, 0.05) is 48.5 Å². The summed E-state index contributed by atoms with van der Waals surface area (Å²) in [5, 5.41) is 11.7. The number of methoxy groups -OCH3 is 1. The Hall–Kier alpha value is -3.13. The Bertz CT molecular complexity index is 1090. The van der Waals surface area contributed by atoms with Crippen molar-refractivity contribution >= 4 is 22.6 Å². The van der Waals surface area contributed by atoms with E-state index in [-0.39, 0.29) is 12.1 Å². The fourth-order valence-corrected chi connectivity index (χ4v) is 4.55. The number of aromatic amines is 1. The van der Waals surface area contributed by atoms with Gasteiger partial charge < -0.3 is 19.9 Å². The van der Waals surface area contributed by atoms with Crippen LogP contribution >= 0.6 is 0 Å². The number of ether oxygens (including phenoxy) is 1. The van der Waals surface area contributed by atoms with E-state index in [0.717, 1.165) is 46.5 Å². The number of fused-ring (bicyclic) bond motifs is 2. The Kier molecular flexibility index (Phi) is 4.16. The Morgan fingerprint density at radius 1 is 1.24 bits per heavy atom. The molecule has 0 bridgehead atoms. The average molecular weight is 392 g/mol. The number of carbonyl (C=O) groups is 1. The highest BCUT2D eigenvalue weighted by atomic mass is 16.5. The van der Waals surface area contributed by atoms with Crippen LogP contribution < -0.4 is 10.1 Å². The average Bonchev–Trinajstić information content (AvgIpc) is 3.27. The van der Waals surface area contributed by atoms with Crippen molar-refractivity contribution in [1.82, 2.24) is 25.0 Å². The summed E-state index contributed by atoms with van der Waals surface area (Å²) in [6, 6.07) is 8.09. The zero-order chi connectivity index (χ0) is 20.1. The highest BCUT2D eigenvalue weighted by Gasteiger charge is 2.37. The van der Waals surface area contributed by atoms with Gasteiger partial charge in [0.15, 0.2) is 0 Å². The summed E-state index contributed by atoms with van der Waals surface area (Å²) in [6.07, 6.45) is 1.72. The molecule has 2 atom stereocenters. The number of likely N-dealkylation sites (N-methyl/N-ethyl adjacent to an activating group) is 1. The van der Waals surface area contributed by atoms with Crippen LogP contribution in [0.1, 0.15) is 12.5 Å². The lowest BCUT2D eigenvalue weighted by Gasteiger charge is -2.35. The van der Waals surface area contributed by atoms with Gasteiger partial charge in [0.1, 0.15) is 5.69 Å². The number of anilines is 1. The topological polar surface area (TPSA) is 86.4 Å². The zero-order valence-corrected chi connectivity index (χ0v) is 16.8. The number of likely N-dealkylation sites (tertiary alicyclic amines) is 1. The number of nitrogens with zero attached hydrogens (tertiary/aromatic N) is 4.